The fourth-order valence-electron chi connectivity index (χ4n) is 6.11. The van der Waals surface area contributed by atoms with Crippen LogP contribution in [0.15, 0.2) is 158 Å². The highest BCUT2D eigenvalue weighted by atomic mass is 15.2. The summed E-state index contributed by atoms with van der Waals surface area (Å²) in [6.45, 7) is 0. The summed E-state index contributed by atoms with van der Waals surface area (Å²) in [5.41, 5.74) is 10.5. The van der Waals surface area contributed by atoms with Crippen molar-refractivity contribution in [3.05, 3.63) is 169 Å². The van der Waals surface area contributed by atoms with E-state index < -0.39 is 0 Å². The number of rotatable bonds is 6. The van der Waals surface area contributed by atoms with Gasteiger partial charge in [0.25, 0.3) is 0 Å². The summed E-state index contributed by atoms with van der Waals surface area (Å²) in [4.78, 5) is 14.2. The average molecular weight is 553 g/mol. The summed E-state index contributed by atoms with van der Waals surface area (Å²) in [6, 6.07) is 53.1. The van der Waals surface area contributed by atoms with Gasteiger partial charge in [0, 0.05) is 34.3 Å². The van der Waals surface area contributed by atoms with Crippen LogP contribution >= 0.6 is 0 Å². The topological polar surface area (TPSA) is 32.3 Å². The second kappa shape index (κ2) is 10.6. The van der Waals surface area contributed by atoms with Crippen molar-refractivity contribution in [2.24, 2.45) is 0 Å². The molecule has 4 nitrogen and oxygen atoms in total. The molecular formula is C39H28N4. The Balaban J connectivity index is 1.19. The number of pyridine rings is 2. The Hall–Kier alpha value is -5.74. The van der Waals surface area contributed by atoms with E-state index in [2.05, 4.69) is 142 Å². The molecule has 1 aliphatic rings. The van der Waals surface area contributed by atoms with Crippen molar-refractivity contribution in [3.8, 4) is 11.1 Å². The number of hydrogen-bond donors (Lipinski definition) is 0. The third-order valence-electron chi connectivity index (χ3n) is 8.09. The summed E-state index contributed by atoms with van der Waals surface area (Å²) in [7, 11) is 0. The molecule has 0 bridgehead atoms. The minimum absolute atomic E-state index is 0.866. The second-order valence-electron chi connectivity index (χ2n) is 10.8. The van der Waals surface area contributed by atoms with Gasteiger partial charge in [0.05, 0.1) is 5.52 Å². The van der Waals surface area contributed by atoms with E-state index >= 15 is 0 Å². The van der Waals surface area contributed by atoms with E-state index in [4.69, 9.17) is 4.98 Å². The van der Waals surface area contributed by atoms with E-state index in [1.165, 1.54) is 22.3 Å². The van der Waals surface area contributed by atoms with Crippen molar-refractivity contribution >= 4 is 45.3 Å². The summed E-state index contributed by atoms with van der Waals surface area (Å²) in [5, 5.41) is 1.13. The lowest BCUT2D eigenvalue weighted by Gasteiger charge is -2.25. The molecule has 43 heavy (non-hydrogen) atoms. The van der Waals surface area contributed by atoms with Gasteiger partial charge in [0.2, 0.25) is 0 Å². The van der Waals surface area contributed by atoms with Crippen molar-refractivity contribution in [3.63, 3.8) is 0 Å². The number of nitrogens with zero attached hydrogens (tertiary/aromatic N) is 4. The molecule has 0 fully saturated rings. The van der Waals surface area contributed by atoms with E-state index in [1.54, 1.807) is 0 Å². The Labute approximate surface area is 251 Å². The van der Waals surface area contributed by atoms with Crippen molar-refractivity contribution in [1.29, 1.82) is 0 Å². The van der Waals surface area contributed by atoms with Gasteiger partial charge in [-0.2, -0.15) is 0 Å². The molecule has 0 spiro atoms. The molecule has 7 aromatic rings. The molecule has 2 aromatic heterocycles. The van der Waals surface area contributed by atoms with Gasteiger partial charge in [-0.1, -0.05) is 72.8 Å². The van der Waals surface area contributed by atoms with Crippen molar-refractivity contribution < 1.29 is 0 Å². The van der Waals surface area contributed by atoms with Crippen LogP contribution in [-0.2, 0) is 6.42 Å². The first-order chi connectivity index (χ1) is 21.3. The van der Waals surface area contributed by atoms with Crippen molar-refractivity contribution in [1.82, 2.24) is 9.97 Å². The molecule has 0 N–H and O–H groups in total. The van der Waals surface area contributed by atoms with Gasteiger partial charge in [0.1, 0.15) is 11.6 Å². The van der Waals surface area contributed by atoms with E-state index in [1.807, 2.05) is 30.5 Å². The molecule has 1 aliphatic carbocycles. The van der Waals surface area contributed by atoms with Crippen LogP contribution in [0.1, 0.15) is 11.1 Å². The molecule has 8 rings (SSSR count). The summed E-state index contributed by atoms with van der Waals surface area (Å²) in [6.07, 6.45) is 2.71. The predicted molar refractivity (Wildman–Crippen MR) is 177 cm³/mol. The van der Waals surface area contributed by atoms with Crippen molar-refractivity contribution in [2.75, 3.05) is 9.80 Å². The maximum Gasteiger partial charge on any atom is 0.138 e. The first-order valence-electron chi connectivity index (χ1n) is 14.6. The highest BCUT2D eigenvalue weighted by Crippen LogP contribution is 2.44. The van der Waals surface area contributed by atoms with Gasteiger partial charge in [-0.05, 0) is 108 Å². The van der Waals surface area contributed by atoms with Gasteiger partial charge in [-0.3, -0.25) is 9.80 Å². The number of anilines is 6. The third-order valence-corrected chi connectivity index (χ3v) is 8.09. The van der Waals surface area contributed by atoms with Gasteiger partial charge in [-0.25, -0.2) is 9.97 Å². The first-order valence-corrected chi connectivity index (χ1v) is 14.6. The van der Waals surface area contributed by atoms with E-state index in [9.17, 15) is 0 Å². The molecule has 0 atom stereocenters. The van der Waals surface area contributed by atoms with Gasteiger partial charge in [0.15, 0.2) is 0 Å². The van der Waals surface area contributed by atoms with E-state index in [0.717, 1.165) is 51.7 Å². The fourth-order valence-corrected chi connectivity index (χ4v) is 6.11. The SMILES string of the molecule is c1ccc(N(c2ccc3c(c2)Cc2cc(N(c4ccccc4)c4ccc5ccccc5n4)ccc2-3)c2ccccn2)cc1. The molecule has 0 saturated carbocycles. The Morgan fingerprint density at radius 3 is 1.65 bits per heavy atom. The zero-order chi connectivity index (χ0) is 28.6. The van der Waals surface area contributed by atoms with Gasteiger partial charge in [-0.15, -0.1) is 0 Å². The minimum Gasteiger partial charge on any atom is -0.295 e. The Morgan fingerprint density at radius 1 is 0.442 bits per heavy atom. The highest BCUT2D eigenvalue weighted by molar-refractivity contribution is 5.87. The van der Waals surface area contributed by atoms with E-state index in [-0.39, 0.29) is 0 Å². The van der Waals surface area contributed by atoms with E-state index in [0.29, 0.717) is 0 Å². The van der Waals surface area contributed by atoms with Crippen LogP contribution in [0.5, 0.6) is 0 Å². The molecule has 2 heterocycles. The third kappa shape index (κ3) is 4.59. The normalized spacial score (nSPS) is 11.6. The smallest absolute Gasteiger partial charge is 0.138 e. The molecular weight excluding hydrogens is 524 g/mol. The fraction of sp³-hybridized carbons (Fsp3) is 0.0256. The first kappa shape index (κ1) is 25.0. The zero-order valence-electron chi connectivity index (χ0n) is 23.5. The largest absolute Gasteiger partial charge is 0.295 e. The van der Waals surface area contributed by atoms with Crippen LogP contribution in [0.3, 0.4) is 0 Å². The molecule has 4 heteroatoms. The molecule has 204 valence electrons. The maximum atomic E-state index is 5.06. The number of fused-ring (bicyclic) bond motifs is 4. The molecule has 0 unspecified atom stereocenters. The zero-order valence-corrected chi connectivity index (χ0v) is 23.5. The Morgan fingerprint density at radius 2 is 1.02 bits per heavy atom. The summed E-state index contributed by atoms with van der Waals surface area (Å²) >= 11 is 0. The second-order valence-corrected chi connectivity index (χ2v) is 10.8. The Bertz CT molecular complexity index is 2020. The van der Waals surface area contributed by atoms with Gasteiger partial charge >= 0.3 is 0 Å². The predicted octanol–water partition coefficient (Wildman–Crippen LogP) is 10.1. The molecule has 0 amide bonds. The summed E-state index contributed by atoms with van der Waals surface area (Å²) < 4.78 is 0. The van der Waals surface area contributed by atoms with Crippen LogP contribution in [0.25, 0.3) is 22.0 Å². The number of hydrogen-bond acceptors (Lipinski definition) is 4. The monoisotopic (exact) mass is 552 g/mol. The average Bonchev–Trinajstić information content (AvgIpc) is 3.44. The molecule has 0 radical (unpaired) electrons. The molecule has 0 aliphatic heterocycles. The standard InChI is InChI=1S/C39H28N4/c1-3-12-31(13-4-1)42(38-17-9-10-24-40-38)33-19-21-35-29(26-33)25-30-27-34(20-22-36(30)35)43(32-14-5-2-6-15-32)39-23-18-28-11-7-8-16-37(28)41-39/h1-24,26-27H,25H2. The van der Waals surface area contributed by atoms with Crippen LogP contribution in [-0.4, -0.2) is 9.97 Å². The quantitative estimate of drug-likeness (QED) is 0.205. The number of benzene rings is 5. The highest BCUT2D eigenvalue weighted by Gasteiger charge is 2.23. The number of aromatic nitrogens is 2. The van der Waals surface area contributed by atoms with Crippen LogP contribution < -0.4 is 9.80 Å². The lowest BCUT2D eigenvalue weighted by Crippen LogP contribution is -2.11. The van der Waals surface area contributed by atoms with Crippen LogP contribution in [0.4, 0.5) is 34.4 Å². The lowest BCUT2D eigenvalue weighted by molar-refractivity contribution is 1.17. The maximum absolute atomic E-state index is 5.06. The number of para-hydroxylation sites is 3. The Kier molecular flexibility index (Phi) is 6.16. The minimum atomic E-state index is 0.866. The van der Waals surface area contributed by atoms with Crippen molar-refractivity contribution in [2.45, 2.75) is 6.42 Å². The molecule has 0 saturated heterocycles. The lowest BCUT2D eigenvalue weighted by atomic mass is 10.0. The van der Waals surface area contributed by atoms with Crippen LogP contribution in [0.2, 0.25) is 0 Å². The van der Waals surface area contributed by atoms with Crippen LogP contribution in [0, 0.1) is 0 Å². The molecule has 5 aromatic carbocycles. The summed E-state index contributed by atoms with van der Waals surface area (Å²) in [5.74, 6) is 1.80. The van der Waals surface area contributed by atoms with Gasteiger partial charge < -0.3 is 0 Å².